The van der Waals surface area contributed by atoms with E-state index < -0.39 is 0 Å². The van der Waals surface area contributed by atoms with Gasteiger partial charge in [-0.15, -0.1) is 0 Å². The van der Waals surface area contributed by atoms with E-state index in [1.54, 1.807) is 14.0 Å². The molecule has 0 aliphatic heterocycles. The van der Waals surface area contributed by atoms with Gasteiger partial charge in [-0.2, -0.15) is 0 Å². The van der Waals surface area contributed by atoms with Gasteiger partial charge in [0.05, 0.1) is 13.3 Å². The molecule has 0 spiro atoms. The maximum Gasteiger partial charge on any atom is 0.141 e. The van der Waals surface area contributed by atoms with Gasteiger partial charge in [0.15, 0.2) is 0 Å². The summed E-state index contributed by atoms with van der Waals surface area (Å²) in [6, 6.07) is 0. The minimum absolute atomic E-state index is 0.386. The second kappa shape index (κ2) is 4.85. The molecule has 0 unspecified atom stereocenters. The number of hydrogen-bond acceptors (Lipinski definition) is 2. The Labute approximate surface area is 62.7 Å². The minimum Gasteiger partial charge on any atom is -0.500 e. The standard InChI is InChI=1S/C7H10BNO/c1-4-7(8)9-5-6(2)10-3/h4-5H,1H2,2-3H3/b6-5+,9-7?. The van der Waals surface area contributed by atoms with Crippen molar-refractivity contribution < 1.29 is 4.74 Å². The SMILES string of the molecule is [B]C(C=C)=N/C=C(\C)OC. The van der Waals surface area contributed by atoms with Gasteiger partial charge in [0, 0.05) is 0 Å². The molecule has 0 rings (SSSR count). The molecule has 0 aliphatic carbocycles. The van der Waals surface area contributed by atoms with Gasteiger partial charge in [0.1, 0.15) is 13.6 Å². The molecule has 0 aliphatic rings. The van der Waals surface area contributed by atoms with Crippen molar-refractivity contribution in [1.29, 1.82) is 0 Å². The third-order valence-electron chi connectivity index (χ3n) is 0.927. The van der Waals surface area contributed by atoms with E-state index in [4.69, 9.17) is 12.6 Å². The van der Waals surface area contributed by atoms with Gasteiger partial charge in [-0.25, -0.2) is 0 Å². The Balaban J connectivity index is 4.03. The van der Waals surface area contributed by atoms with E-state index >= 15 is 0 Å². The normalized spacial score (nSPS) is 13.0. The molecule has 0 aromatic heterocycles. The highest BCUT2D eigenvalue weighted by Gasteiger charge is 1.80. The van der Waals surface area contributed by atoms with Crippen LogP contribution in [-0.4, -0.2) is 20.6 Å². The molecular weight excluding hydrogens is 125 g/mol. The fraction of sp³-hybridized carbons (Fsp3) is 0.286. The Hall–Kier alpha value is -0.985. The molecule has 2 radical (unpaired) electrons. The number of nitrogens with zero attached hydrogens (tertiary/aromatic N) is 1. The lowest BCUT2D eigenvalue weighted by Crippen LogP contribution is -1.88. The number of aliphatic imine (C=N–C) groups is 1. The fourth-order valence-electron chi connectivity index (χ4n) is 0.271. The number of hydrogen-bond donors (Lipinski definition) is 0. The average Bonchev–Trinajstić information content (AvgIpc) is 1.99. The molecule has 10 heavy (non-hydrogen) atoms. The van der Waals surface area contributed by atoms with Crippen LogP contribution >= 0.6 is 0 Å². The summed E-state index contributed by atoms with van der Waals surface area (Å²) in [5, 5.41) is 0. The van der Waals surface area contributed by atoms with E-state index in [1.165, 1.54) is 12.3 Å². The van der Waals surface area contributed by atoms with Crippen molar-refractivity contribution in [3.63, 3.8) is 0 Å². The van der Waals surface area contributed by atoms with Gasteiger partial charge in [-0.1, -0.05) is 12.7 Å². The molecule has 0 saturated carbocycles. The molecular formula is C7H10BNO. The molecule has 0 amide bonds. The summed E-state index contributed by atoms with van der Waals surface area (Å²) in [5.41, 5.74) is 0.386. The maximum absolute atomic E-state index is 5.31. The topological polar surface area (TPSA) is 21.6 Å². The van der Waals surface area contributed by atoms with Gasteiger partial charge in [0.2, 0.25) is 0 Å². The van der Waals surface area contributed by atoms with Crippen molar-refractivity contribution in [1.82, 2.24) is 0 Å². The Bertz CT molecular complexity index is 172. The average molecular weight is 135 g/mol. The van der Waals surface area contributed by atoms with Crippen LogP contribution in [0.5, 0.6) is 0 Å². The lowest BCUT2D eigenvalue weighted by molar-refractivity contribution is 0.292. The third kappa shape index (κ3) is 3.95. The monoisotopic (exact) mass is 135 g/mol. The van der Waals surface area contributed by atoms with Gasteiger partial charge < -0.3 is 4.74 Å². The minimum atomic E-state index is 0.386. The molecule has 0 bridgehead atoms. The van der Waals surface area contributed by atoms with Crippen molar-refractivity contribution in [3.05, 3.63) is 24.6 Å². The van der Waals surface area contributed by atoms with Crippen LogP contribution in [-0.2, 0) is 4.74 Å². The molecule has 3 heteroatoms. The number of rotatable bonds is 3. The van der Waals surface area contributed by atoms with Crippen molar-refractivity contribution in [2.75, 3.05) is 7.11 Å². The molecule has 52 valence electrons. The van der Waals surface area contributed by atoms with E-state index in [0.29, 0.717) is 11.4 Å². The Morgan fingerprint density at radius 1 is 1.70 bits per heavy atom. The van der Waals surface area contributed by atoms with Gasteiger partial charge in [-0.05, 0) is 12.5 Å². The summed E-state index contributed by atoms with van der Waals surface area (Å²) in [6.07, 6.45) is 3.01. The zero-order chi connectivity index (χ0) is 7.98. The van der Waals surface area contributed by atoms with Crippen LogP contribution < -0.4 is 0 Å². The van der Waals surface area contributed by atoms with E-state index in [0.717, 1.165) is 0 Å². The van der Waals surface area contributed by atoms with Gasteiger partial charge in [-0.3, -0.25) is 4.99 Å². The van der Waals surface area contributed by atoms with Crippen LogP contribution in [0.2, 0.25) is 0 Å². The first-order valence-corrected chi connectivity index (χ1v) is 2.87. The molecule has 0 atom stereocenters. The van der Waals surface area contributed by atoms with E-state index in [2.05, 4.69) is 11.6 Å². The predicted molar refractivity (Wildman–Crippen MR) is 44.2 cm³/mol. The van der Waals surface area contributed by atoms with Crippen LogP contribution in [0.15, 0.2) is 29.6 Å². The van der Waals surface area contributed by atoms with Crippen molar-refractivity contribution >= 4 is 13.5 Å². The van der Waals surface area contributed by atoms with Crippen LogP contribution in [0.1, 0.15) is 6.92 Å². The van der Waals surface area contributed by atoms with Crippen LogP contribution in [0.3, 0.4) is 0 Å². The second-order valence-electron chi connectivity index (χ2n) is 1.70. The van der Waals surface area contributed by atoms with E-state index in [-0.39, 0.29) is 0 Å². The number of ether oxygens (including phenoxy) is 1. The van der Waals surface area contributed by atoms with E-state index in [1.807, 2.05) is 0 Å². The quantitative estimate of drug-likeness (QED) is 0.324. The first-order chi connectivity index (χ1) is 4.70. The van der Waals surface area contributed by atoms with Crippen LogP contribution in [0, 0.1) is 0 Å². The summed E-state index contributed by atoms with van der Waals surface area (Å²) < 4.78 is 4.81. The second-order valence-corrected chi connectivity index (χ2v) is 1.70. The molecule has 0 heterocycles. The number of methoxy groups -OCH3 is 1. The van der Waals surface area contributed by atoms with E-state index in [9.17, 15) is 0 Å². The van der Waals surface area contributed by atoms with Crippen molar-refractivity contribution in [2.24, 2.45) is 4.99 Å². The summed E-state index contributed by atoms with van der Waals surface area (Å²) in [7, 11) is 6.88. The largest absolute Gasteiger partial charge is 0.500 e. The molecule has 0 aromatic rings. The maximum atomic E-state index is 5.31. The highest BCUT2D eigenvalue weighted by molar-refractivity contribution is 6.63. The molecule has 2 nitrogen and oxygen atoms in total. The summed E-state index contributed by atoms with van der Waals surface area (Å²) in [6.45, 7) is 5.23. The van der Waals surface area contributed by atoms with Crippen molar-refractivity contribution in [3.8, 4) is 0 Å². The Kier molecular flexibility index (Phi) is 4.38. The molecule has 0 fully saturated rings. The van der Waals surface area contributed by atoms with Crippen LogP contribution in [0.4, 0.5) is 0 Å². The molecule has 0 aromatic carbocycles. The highest BCUT2D eigenvalue weighted by Crippen LogP contribution is 1.91. The lowest BCUT2D eigenvalue weighted by atomic mass is 10.0. The summed E-state index contributed by atoms with van der Waals surface area (Å²) in [5.74, 6) is 0.713. The zero-order valence-corrected chi connectivity index (χ0v) is 6.29. The number of allylic oxidation sites excluding steroid dienone is 2. The highest BCUT2D eigenvalue weighted by atomic mass is 16.5. The molecule has 0 N–H and O–H groups in total. The Morgan fingerprint density at radius 3 is 2.70 bits per heavy atom. The first-order valence-electron chi connectivity index (χ1n) is 2.87. The smallest absolute Gasteiger partial charge is 0.141 e. The third-order valence-corrected chi connectivity index (χ3v) is 0.927. The van der Waals surface area contributed by atoms with Crippen molar-refractivity contribution in [2.45, 2.75) is 6.92 Å². The lowest BCUT2D eigenvalue weighted by Gasteiger charge is -1.94. The summed E-state index contributed by atoms with van der Waals surface area (Å²) in [4.78, 5) is 3.80. The van der Waals surface area contributed by atoms with Gasteiger partial charge >= 0.3 is 0 Å². The first kappa shape index (κ1) is 9.01. The fourth-order valence-corrected chi connectivity index (χ4v) is 0.271. The summed E-state index contributed by atoms with van der Waals surface area (Å²) >= 11 is 0. The van der Waals surface area contributed by atoms with Gasteiger partial charge in [0.25, 0.3) is 0 Å². The Morgan fingerprint density at radius 2 is 2.30 bits per heavy atom. The zero-order valence-electron chi connectivity index (χ0n) is 6.29. The molecule has 0 saturated heterocycles. The van der Waals surface area contributed by atoms with Crippen LogP contribution in [0.25, 0.3) is 0 Å². The predicted octanol–water partition coefficient (Wildman–Crippen LogP) is 1.25.